The van der Waals surface area contributed by atoms with Crippen LogP contribution in [0.4, 0.5) is 5.95 Å². The van der Waals surface area contributed by atoms with Gasteiger partial charge < -0.3 is 10.2 Å². The average molecular weight is 392 g/mol. The number of carbonyl (C=O) groups is 1. The molecule has 2 atom stereocenters. The lowest BCUT2D eigenvalue weighted by atomic mass is 9.86. The number of hydrogen-bond acceptors (Lipinski definition) is 5. The molecule has 3 aliphatic rings. The van der Waals surface area contributed by atoms with Crippen LogP contribution in [0.15, 0.2) is 5.16 Å². The van der Waals surface area contributed by atoms with Gasteiger partial charge in [-0.05, 0) is 50.4 Å². The third-order valence-electron chi connectivity index (χ3n) is 6.42. The highest BCUT2D eigenvalue weighted by Crippen LogP contribution is 2.41. The maximum atomic E-state index is 12.5. The molecule has 2 aliphatic carbocycles. The second kappa shape index (κ2) is 8.41. The standard InChI is InChI=1S/C20H33N5OS/c1-14-9-11-24(12-10-14)19-22-23-20(25(19)16-7-8-16)27-13-18(26)21-17-6-4-3-5-15(17)2/h14-17H,3-13H2,1-2H3,(H,21,26). The van der Waals surface area contributed by atoms with E-state index in [0.717, 1.165) is 36.5 Å². The van der Waals surface area contributed by atoms with Crippen molar-refractivity contribution in [1.82, 2.24) is 20.1 Å². The molecular weight excluding hydrogens is 358 g/mol. The first-order valence-corrected chi connectivity index (χ1v) is 11.7. The Balaban J connectivity index is 1.37. The summed E-state index contributed by atoms with van der Waals surface area (Å²) in [5.74, 6) is 2.99. The number of amides is 1. The summed E-state index contributed by atoms with van der Waals surface area (Å²) >= 11 is 1.55. The molecule has 1 amide bonds. The molecule has 2 saturated carbocycles. The van der Waals surface area contributed by atoms with E-state index in [0.29, 0.717) is 23.8 Å². The van der Waals surface area contributed by atoms with Gasteiger partial charge in [0.2, 0.25) is 11.9 Å². The Morgan fingerprint density at radius 2 is 1.81 bits per heavy atom. The predicted molar refractivity (Wildman–Crippen MR) is 109 cm³/mol. The Hall–Kier alpha value is -1.24. The number of thioether (sulfide) groups is 1. The van der Waals surface area contributed by atoms with Crippen LogP contribution in [0.2, 0.25) is 0 Å². The fourth-order valence-electron chi connectivity index (χ4n) is 4.35. The number of carbonyl (C=O) groups excluding carboxylic acids is 1. The van der Waals surface area contributed by atoms with Gasteiger partial charge in [0.25, 0.3) is 0 Å². The Morgan fingerprint density at radius 3 is 2.52 bits per heavy atom. The maximum absolute atomic E-state index is 12.5. The van der Waals surface area contributed by atoms with Gasteiger partial charge in [0.15, 0.2) is 5.16 Å². The number of nitrogens with one attached hydrogen (secondary N) is 1. The lowest BCUT2D eigenvalue weighted by molar-refractivity contribution is -0.119. The molecule has 27 heavy (non-hydrogen) atoms. The predicted octanol–water partition coefficient (Wildman–Crippen LogP) is 3.64. The highest BCUT2D eigenvalue weighted by molar-refractivity contribution is 7.99. The zero-order valence-electron chi connectivity index (χ0n) is 16.7. The minimum absolute atomic E-state index is 0.137. The second-order valence-electron chi connectivity index (χ2n) is 8.78. The van der Waals surface area contributed by atoms with E-state index in [2.05, 4.69) is 38.8 Å². The van der Waals surface area contributed by atoms with Crippen molar-refractivity contribution < 1.29 is 4.79 Å². The molecule has 1 aromatic heterocycles. The van der Waals surface area contributed by atoms with Crippen LogP contribution in [0.5, 0.6) is 0 Å². The second-order valence-corrected chi connectivity index (χ2v) is 9.72. The van der Waals surface area contributed by atoms with Crippen LogP contribution in [0.3, 0.4) is 0 Å². The smallest absolute Gasteiger partial charge is 0.230 e. The minimum atomic E-state index is 0.137. The van der Waals surface area contributed by atoms with Gasteiger partial charge in [0.1, 0.15) is 0 Å². The lowest BCUT2D eigenvalue weighted by Crippen LogP contribution is -2.41. The minimum Gasteiger partial charge on any atom is -0.352 e. The Bertz CT molecular complexity index is 651. The van der Waals surface area contributed by atoms with Gasteiger partial charge in [0, 0.05) is 25.2 Å². The Kier molecular flexibility index (Phi) is 5.95. The molecule has 0 bridgehead atoms. The van der Waals surface area contributed by atoms with Crippen molar-refractivity contribution in [3.63, 3.8) is 0 Å². The van der Waals surface area contributed by atoms with Crippen LogP contribution in [0, 0.1) is 11.8 Å². The summed E-state index contributed by atoms with van der Waals surface area (Å²) in [6.07, 6.45) is 9.73. The molecule has 1 N–H and O–H groups in total. The summed E-state index contributed by atoms with van der Waals surface area (Å²) in [6.45, 7) is 6.72. The topological polar surface area (TPSA) is 63.1 Å². The van der Waals surface area contributed by atoms with Gasteiger partial charge >= 0.3 is 0 Å². The zero-order valence-corrected chi connectivity index (χ0v) is 17.5. The van der Waals surface area contributed by atoms with Crippen molar-refractivity contribution in [2.75, 3.05) is 23.7 Å². The molecular formula is C20H33N5OS. The quantitative estimate of drug-likeness (QED) is 0.750. The summed E-state index contributed by atoms with van der Waals surface area (Å²) in [5, 5.41) is 13.1. The first-order chi connectivity index (χ1) is 13.1. The van der Waals surface area contributed by atoms with Crippen molar-refractivity contribution in [3.8, 4) is 0 Å². The highest BCUT2D eigenvalue weighted by atomic mass is 32.2. The van der Waals surface area contributed by atoms with Crippen LogP contribution in [-0.2, 0) is 4.79 Å². The molecule has 1 aliphatic heterocycles. The number of anilines is 1. The van der Waals surface area contributed by atoms with Gasteiger partial charge in [-0.1, -0.05) is 38.5 Å². The van der Waals surface area contributed by atoms with Crippen molar-refractivity contribution in [2.45, 2.75) is 82.5 Å². The molecule has 2 unspecified atom stereocenters. The van der Waals surface area contributed by atoms with E-state index >= 15 is 0 Å². The third-order valence-corrected chi connectivity index (χ3v) is 7.36. The van der Waals surface area contributed by atoms with Crippen molar-refractivity contribution in [3.05, 3.63) is 0 Å². The number of piperidine rings is 1. The largest absolute Gasteiger partial charge is 0.352 e. The first kappa shape index (κ1) is 19.1. The summed E-state index contributed by atoms with van der Waals surface area (Å²) < 4.78 is 2.30. The van der Waals surface area contributed by atoms with Crippen molar-refractivity contribution in [1.29, 1.82) is 0 Å². The van der Waals surface area contributed by atoms with E-state index in [1.165, 1.54) is 44.9 Å². The summed E-state index contributed by atoms with van der Waals surface area (Å²) in [4.78, 5) is 14.9. The van der Waals surface area contributed by atoms with E-state index in [-0.39, 0.29) is 5.91 Å². The molecule has 4 rings (SSSR count). The number of nitrogens with zero attached hydrogens (tertiary/aromatic N) is 4. The summed E-state index contributed by atoms with van der Waals surface area (Å²) in [5.41, 5.74) is 0. The van der Waals surface area contributed by atoms with Gasteiger partial charge in [-0.3, -0.25) is 9.36 Å². The first-order valence-electron chi connectivity index (χ1n) is 10.7. The van der Waals surface area contributed by atoms with E-state index in [1.807, 2.05) is 0 Å². The van der Waals surface area contributed by atoms with Crippen LogP contribution in [0.25, 0.3) is 0 Å². The maximum Gasteiger partial charge on any atom is 0.230 e. The third kappa shape index (κ3) is 4.61. The van der Waals surface area contributed by atoms with E-state index in [9.17, 15) is 4.79 Å². The molecule has 0 spiro atoms. The number of aromatic nitrogens is 3. The van der Waals surface area contributed by atoms with Gasteiger partial charge in [-0.15, -0.1) is 10.2 Å². The lowest BCUT2D eigenvalue weighted by Gasteiger charge is -2.31. The van der Waals surface area contributed by atoms with Gasteiger partial charge in [-0.2, -0.15) is 0 Å². The fraction of sp³-hybridized carbons (Fsp3) is 0.850. The number of rotatable bonds is 6. The Morgan fingerprint density at radius 1 is 1.07 bits per heavy atom. The molecule has 150 valence electrons. The summed E-state index contributed by atoms with van der Waals surface area (Å²) in [7, 11) is 0. The Labute approximate surface area is 166 Å². The van der Waals surface area contributed by atoms with Crippen molar-refractivity contribution >= 4 is 23.6 Å². The normalized spacial score (nSPS) is 27.0. The van der Waals surface area contributed by atoms with Crippen molar-refractivity contribution in [2.24, 2.45) is 11.8 Å². The molecule has 1 saturated heterocycles. The highest BCUT2D eigenvalue weighted by Gasteiger charge is 2.33. The molecule has 6 nitrogen and oxygen atoms in total. The van der Waals surface area contributed by atoms with Gasteiger partial charge in [0.05, 0.1) is 5.75 Å². The molecule has 7 heteroatoms. The fourth-order valence-corrected chi connectivity index (χ4v) is 5.17. The van der Waals surface area contributed by atoms with E-state index in [4.69, 9.17) is 0 Å². The van der Waals surface area contributed by atoms with Crippen LogP contribution in [0.1, 0.15) is 71.3 Å². The molecule has 2 heterocycles. The van der Waals surface area contributed by atoms with Gasteiger partial charge in [-0.25, -0.2) is 0 Å². The molecule has 0 aromatic carbocycles. The van der Waals surface area contributed by atoms with E-state index < -0.39 is 0 Å². The van der Waals surface area contributed by atoms with E-state index in [1.54, 1.807) is 11.8 Å². The SMILES string of the molecule is CC1CCN(c2nnc(SCC(=O)NC3CCCCC3C)n2C2CC2)CC1. The zero-order chi connectivity index (χ0) is 18.8. The summed E-state index contributed by atoms with van der Waals surface area (Å²) in [6, 6.07) is 0.873. The molecule has 3 fully saturated rings. The van der Waals surface area contributed by atoms with Crippen LogP contribution < -0.4 is 10.2 Å². The molecule has 0 radical (unpaired) electrons. The average Bonchev–Trinajstić information content (AvgIpc) is 3.42. The van der Waals surface area contributed by atoms with Crippen LogP contribution in [-0.4, -0.2) is 45.6 Å². The van der Waals surface area contributed by atoms with Crippen LogP contribution >= 0.6 is 11.8 Å². The monoisotopic (exact) mass is 391 g/mol. The number of hydrogen-bond donors (Lipinski definition) is 1. The molecule has 1 aromatic rings.